The molecule has 1 fully saturated rings. The lowest BCUT2D eigenvalue weighted by Gasteiger charge is -2.22. The van der Waals surface area contributed by atoms with Gasteiger partial charge in [-0.05, 0) is 19.3 Å². The van der Waals surface area contributed by atoms with Crippen LogP contribution < -0.4 is 5.32 Å². The van der Waals surface area contributed by atoms with E-state index in [1.807, 2.05) is 0 Å². The van der Waals surface area contributed by atoms with Crippen molar-refractivity contribution in [3.8, 4) is 0 Å². The van der Waals surface area contributed by atoms with E-state index in [1.165, 1.54) is 0 Å². The molecule has 0 aromatic rings. The first-order chi connectivity index (χ1) is 14.7. The van der Waals surface area contributed by atoms with Crippen molar-refractivity contribution in [2.75, 3.05) is 85.8 Å². The Morgan fingerprint density at radius 1 is 0.800 bits per heavy atom. The predicted molar refractivity (Wildman–Crippen MR) is 104 cm³/mol. The number of aliphatic carboxylic acids is 1. The average molecular weight is 437 g/mol. The third-order valence-corrected chi connectivity index (χ3v) is 3.81. The standard InChI is InChI=1S/C19H35NO10/c21-17(15-28-16-18(22)23)20-4-6-24-7-8-25-9-10-26-11-12-27-13-14-30-19-3-1-2-5-29-19/h19H,1-16H2,(H,20,21)(H,22,23). The summed E-state index contributed by atoms with van der Waals surface area (Å²) in [4.78, 5) is 21.5. The lowest BCUT2D eigenvalue weighted by Crippen LogP contribution is -2.31. The van der Waals surface area contributed by atoms with Crippen LogP contribution in [0.5, 0.6) is 0 Å². The fourth-order valence-corrected chi connectivity index (χ4v) is 2.39. The number of rotatable bonds is 20. The van der Waals surface area contributed by atoms with Gasteiger partial charge < -0.3 is 43.6 Å². The SMILES string of the molecule is O=C(O)COCC(=O)NCCOCCOCCOCCOCCOC1CCCCO1. The van der Waals surface area contributed by atoms with E-state index in [-0.39, 0.29) is 18.8 Å². The van der Waals surface area contributed by atoms with Gasteiger partial charge in [0.2, 0.25) is 5.91 Å². The molecule has 11 heteroatoms. The molecule has 11 nitrogen and oxygen atoms in total. The highest BCUT2D eigenvalue weighted by atomic mass is 16.7. The molecule has 1 amide bonds. The van der Waals surface area contributed by atoms with Gasteiger partial charge in [0.1, 0.15) is 13.2 Å². The Hall–Kier alpha value is -1.34. The molecule has 0 spiro atoms. The molecule has 1 rings (SSSR count). The number of hydrogen-bond acceptors (Lipinski definition) is 9. The highest BCUT2D eigenvalue weighted by molar-refractivity contribution is 5.77. The molecule has 1 aliphatic heterocycles. The van der Waals surface area contributed by atoms with Gasteiger partial charge in [-0.25, -0.2) is 4.79 Å². The fourth-order valence-electron chi connectivity index (χ4n) is 2.39. The van der Waals surface area contributed by atoms with Crippen LogP contribution in [0.3, 0.4) is 0 Å². The van der Waals surface area contributed by atoms with Gasteiger partial charge in [-0.2, -0.15) is 0 Å². The number of ether oxygens (including phenoxy) is 7. The lowest BCUT2D eigenvalue weighted by molar-refractivity contribution is -0.169. The van der Waals surface area contributed by atoms with Gasteiger partial charge in [-0.3, -0.25) is 4.79 Å². The smallest absolute Gasteiger partial charge is 0.329 e. The van der Waals surface area contributed by atoms with Crippen molar-refractivity contribution in [1.82, 2.24) is 5.32 Å². The minimum absolute atomic E-state index is 0.0801. The Morgan fingerprint density at radius 3 is 1.97 bits per heavy atom. The van der Waals surface area contributed by atoms with Gasteiger partial charge in [-0.1, -0.05) is 0 Å². The van der Waals surface area contributed by atoms with E-state index in [2.05, 4.69) is 10.1 Å². The van der Waals surface area contributed by atoms with Crippen molar-refractivity contribution in [2.45, 2.75) is 25.6 Å². The zero-order valence-corrected chi connectivity index (χ0v) is 17.5. The summed E-state index contributed by atoms with van der Waals surface area (Å²) < 4.78 is 37.2. The van der Waals surface area contributed by atoms with Gasteiger partial charge in [0.15, 0.2) is 6.29 Å². The number of carbonyl (C=O) groups is 2. The normalized spacial score (nSPS) is 16.5. The van der Waals surface area contributed by atoms with Crippen molar-refractivity contribution in [2.24, 2.45) is 0 Å². The summed E-state index contributed by atoms with van der Waals surface area (Å²) >= 11 is 0. The van der Waals surface area contributed by atoms with Crippen molar-refractivity contribution < 1.29 is 47.9 Å². The second kappa shape index (κ2) is 19.6. The van der Waals surface area contributed by atoms with Gasteiger partial charge in [0, 0.05) is 13.2 Å². The minimum atomic E-state index is -1.11. The second-order valence-electron chi connectivity index (χ2n) is 6.35. The summed E-state index contributed by atoms with van der Waals surface area (Å²) in [6, 6.07) is 0. The lowest BCUT2D eigenvalue weighted by atomic mass is 10.2. The molecule has 1 heterocycles. The zero-order valence-electron chi connectivity index (χ0n) is 17.5. The maximum absolute atomic E-state index is 11.3. The van der Waals surface area contributed by atoms with Crippen molar-refractivity contribution >= 4 is 11.9 Å². The van der Waals surface area contributed by atoms with E-state index in [4.69, 9.17) is 33.5 Å². The number of hydrogen-bond donors (Lipinski definition) is 2. The third-order valence-electron chi connectivity index (χ3n) is 3.81. The monoisotopic (exact) mass is 437 g/mol. The summed E-state index contributed by atoms with van der Waals surface area (Å²) in [6.45, 7) is 4.45. The fraction of sp³-hybridized carbons (Fsp3) is 0.895. The first-order valence-electron chi connectivity index (χ1n) is 10.3. The number of nitrogens with one attached hydrogen (secondary N) is 1. The molecule has 1 atom stereocenters. The van der Waals surface area contributed by atoms with E-state index in [0.717, 1.165) is 25.9 Å². The average Bonchev–Trinajstić information content (AvgIpc) is 2.74. The van der Waals surface area contributed by atoms with Gasteiger partial charge in [0.05, 0.1) is 59.5 Å². The maximum atomic E-state index is 11.3. The van der Waals surface area contributed by atoms with E-state index >= 15 is 0 Å². The Balaban J connectivity index is 1.69. The predicted octanol–water partition coefficient (Wildman–Crippen LogP) is -0.187. The molecule has 0 bridgehead atoms. The van der Waals surface area contributed by atoms with Gasteiger partial charge in [0.25, 0.3) is 0 Å². The molecule has 30 heavy (non-hydrogen) atoms. The number of carboxylic acid groups (broad SMARTS) is 1. The highest BCUT2D eigenvalue weighted by Crippen LogP contribution is 2.13. The van der Waals surface area contributed by atoms with Crippen LogP contribution in [0.1, 0.15) is 19.3 Å². The molecule has 0 radical (unpaired) electrons. The highest BCUT2D eigenvalue weighted by Gasteiger charge is 2.13. The van der Waals surface area contributed by atoms with Crippen molar-refractivity contribution in [3.05, 3.63) is 0 Å². The maximum Gasteiger partial charge on any atom is 0.329 e. The number of carboxylic acids is 1. The van der Waals surface area contributed by atoms with Crippen LogP contribution in [0.2, 0.25) is 0 Å². The minimum Gasteiger partial charge on any atom is -0.480 e. The third kappa shape index (κ3) is 17.5. The van der Waals surface area contributed by atoms with Crippen molar-refractivity contribution in [3.63, 3.8) is 0 Å². The summed E-state index contributed by atoms with van der Waals surface area (Å²) in [5.41, 5.74) is 0. The molecule has 0 aromatic carbocycles. The van der Waals surface area contributed by atoms with Crippen molar-refractivity contribution in [1.29, 1.82) is 0 Å². The topological polar surface area (TPSA) is 131 Å². The molecule has 1 saturated heterocycles. The Kier molecular flexibility index (Phi) is 17.5. The zero-order chi connectivity index (χ0) is 21.7. The van der Waals surface area contributed by atoms with Crippen LogP contribution in [0.4, 0.5) is 0 Å². The molecular formula is C19H35NO10. The molecule has 0 aromatic heterocycles. The van der Waals surface area contributed by atoms with Crippen LogP contribution >= 0.6 is 0 Å². The van der Waals surface area contributed by atoms with E-state index in [1.54, 1.807) is 0 Å². The number of carbonyl (C=O) groups excluding carboxylic acids is 1. The van der Waals surface area contributed by atoms with Crippen LogP contribution in [0, 0.1) is 0 Å². The molecular weight excluding hydrogens is 402 g/mol. The summed E-state index contributed by atoms with van der Waals surface area (Å²) in [6.07, 6.45) is 3.14. The molecule has 0 aliphatic carbocycles. The first-order valence-corrected chi connectivity index (χ1v) is 10.3. The van der Waals surface area contributed by atoms with Crippen LogP contribution in [0.25, 0.3) is 0 Å². The van der Waals surface area contributed by atoms with E-state index in [9.17, 15) is 9.59 Å². The molecule has 0 saturated carbocycles. The summed E-state index contributed by atoms with van der Waals surface area (Å²) in [7, 11) is 0. The summed E-state index contributed by atoms with van der Waals surface area (Å²) in [5, 5.41) is 10.9. The largest absolute Gasteiger partial charge is 0.480 e. The molecule has 2 N–H and O–H groups in total. The first kappa shape index (κ1) is 26.7. The van der Waals surface area contributed by atoms with E-state index < -0.39 is 12.6 Å². The second-order valence-corrected chi connectivity index (χ2v) is 6.35. The quantitative estimate of drug-likeness (QED) is 0.247. The molecule has 1 unspecified atom stereocenters. The number of amides is 1. The van der Waals surface area contributed by atoms with Gasteiger partial charge >= 0.3 is 5.97 Å². The van der Waals surface area contributed by atoms with Crippen LogP contribution in [0.15, 0.2) is 0 Å². The van der Waals surface area contributed by atoms with Gasteiger partial charge in [-0.15, -0.1) is 0 Å². The van der Waals surface area contributed by atoms with Crippen LogP contribution in [-0.2, 0) is 42.7 Å². The molecule has 1 aliphatic rings. The Morgan fingerprint density at radius 2 is 1.40 bits per heavy atom. The Bertz CT molecular complexity index is 432. The molecule has 176 valence electrons. The van der Waals surface area contributed by atoms with E-state index in [0.29, 0.717) is 66.0 Å². The summed E-state index contributed by atoms with van der Waals surface area (Å²) in [5.74, 6) is -1.50. The van der Waals surface area contributed by atoms with Crippen LogP contribution in [-0.4, -0.2) is 109 Å². The Labute approximate surface area is 177 Å².